The van der Waals surface area contributed by atoms with E-state index in [1.807, 2.05) is 0 Å². The van der Waals surface area contributed by atoms with Gasteiger partial charge in [-0.2, -0.15) is 10.2 Å². The fourth-order valence-electron chi connectivity index (χ4n) is 2.47. The van der Waals surface area contributed by atoms with Gasteiger partial charge in [0, 0.05) is 25.9 Å². The molecule has 10 nitrogen and oxygen atoms in total. The van der Waals surface area contributed by atoms with Gasteiger partial charge in [0.25, 0.3) is 0 Å². The molecule has 2 heterocycles. The van der Waals surface area contributed by atoms with Crippen LogP contribution in [0.2, 0.25) is 5.28 Å². The Bertz CT molecular complexity index is 749. The number of carbonyl (C=O) groups excluding carboxylic acids is 1. The van der Waals surface area contributed by atoms with E-state index in [1.165, 1.54) is 4.90 Å². The molecule has 1 aliphatic rings. The van der Waals surface area contributed by atoms with Crippen LogP contribution in [-0.4, -0.2) is 50.1 Å². The van der Waals surface area contributed by atoms with Crippen molar-refractivity contribution in [2.45, 2.75) is 44.8 Å². The molecule has 0 saturated carbocycles. The Morgan fingerprint density at radius 2 is 2.12 bits per heavy atom. The number of anilines is 1. The maximum absolute atomic E-state index is 12.1. The van der Waals surface area contributed by atoms with Crippen LogP contribution in [0.15, 0.2) is 6.20 Å². The lowest BCUT2D eigenvalue weighted by atomic mass is 9.89. The van der Waals surface area contributed by atoms with Crippen LogP contribution in [0.5, 0.6) is 0 Å². The van der Waals surface area contributed by atoms with Gasteiger partial charge in [0.15, 0.2) is 0 Å². The van der Waals surface area contributed by atoms with E-state index >= 15 is 0 Å². The van der Waals surface area contributed by atoms with Crippen LogP contribution in [0.1, 0.15) is 33.6 Å². The van der Waals surface area contributed by atoms with Gasteiger partial charge in [0.2, 0.25) is 11.1 Å². The quantitative estimate of drug-likeness (QED) is 0.479. The first-order chi connectivity index (χ1) is 12.1. The summed E-state index contributed by atoms with van der Waals surface area (Å²) in [5.41, 5.74) is -2.10. The zero-order valence-electron chi connectivity index (χ0n) is 14.7. The molecule has 1 aromatic rings. The van der Waals surface area contributed by atoms with Gasteiger partial charge in [-0.3, -0.25) is 10.1 Å². The molecule has 11 heteroatoms. The van der Waals surface area contributed by atoms with Crippen molar-refractivity contribution >= 4 is 29.2 Å². The first-order valence-electron chi connectivity index (χ1n) is 7.89. The van der Waals surface area contributed by atoms with E-state index in [1.54, 1.807) is 20.8 Å². The molecule has 0 aliphatic carbocycles. The maximum atomic E-state index is 12.1. The summed E-state index contributed by atoms with van der Waals surface area (Å²) < 4.78 is 5.32. The van der Waals surface area contributed by atoms with E-state index in [4.69, 9.17) is 16.3 Å². The molecule has 0 unspecified atom stereocenters. The summed E-state index contributed by atoms with van der Waals surface area (Å²) >= 11 is 5.72. The van der Waals surface area contributed by atoms with Crippen LogP contribution in [0.4, 0.5) is 16.3 Å². The molecule has 0 spiro atoms. The number of nitrogens with one attached hydrogen (secondary N) is 1. The van der Waals surface area contributed by atoms with Gasteiger partial charge < -0.3 is 15.0 Å². The van der Waals surface area contributed by atoms with Gasteiger partial charge >= 0.3 is 11.8 Å². The molecular formula is C15H19ClN6O4. The maximum Gasteiger partial charge on any atom is 0.410 e. The number of piperidine rings is 1. The number of halogens is 1. The fourth-order valence-corrected chi connectivity index (χ4v) is 2.60. The highest BCUT2D eigenvalue weighted by Gasteiger charge is 2.39. The third-order valence-electron chi connectivity index (χ3n) is 3.78. The second-order valence-corrected chi connectivity index (χ2v) is 7.25. The monoisotopic (exact) mass is 382 g/mol. The molecule has 0 aromatic carbocycles. The number of ether oxygens (including phenoxy) is 1. The standard InChI is InChI=1S/C15H19ClN6O4/c1-14(2,3)26-13(23)21-6-4-15(9-17,5-7-21)20-11-10(22(24)25)8-18-12(16)19-11/h8H,4-7H2,1-3H3,(H,18,19,20). The predicted molar refractivity (Wildman–Crippen MR) is 92.7 cm³/mol. The minimum atomic E-state index is -1.11. The number of amides is 1. The van der Waals surface area contributed by atoms with E-state index < -0.39 is 22.2 Å². The van der Waals surface area contributed by atoms with Crippen LogP contribution < -0.4 is 5.32 Å². The molecule has 0 radical (unpaired) electrons. The first-order valence-corrected chi connectivity index (χ1v) is 8.27. The smallest absolute Gasteiger partial charge is 0.410 e. The average molecular weight is 383 g/mol. The molecule has 140 valence electrons. The third-order valence-corrected chi connectivity index (χ3v) is 3.96. The molecule has 0 atom stereocenters. The van der Waals surface area contributed by atoms with Gasteiger partial charge in [0.05, 0.1) is 11.0 Å². The lowest BCUT2D eigenvalue weighted by Crippen LogP contribution is -2.51. The van der Waals surface area contributed by atoms with Crippen molar-refractivity contribution in [2.24, 2.45) is 0 Å². The van der Waals surface area contributed by atoms with Crippen molar-refractivity contribution in [1.29, 1.82) is 5.26 Å². The molecule has 1 N–H and O–H groups in total. The van der Waals surface area contributed by atoms with Crippen molar-refractivity contribution in [3.05, 3.63) is 21.6 Å². The van der Waals surface area contributed by atoms with Crippen molar-refractivity contribution in [3.63, 3.8) is 0 Å². The number of aromatic nitrogens is 2. The number of carbonyl (C=O) groups is 1. The number of likely N-dealkylation sites (tertiary alicyclic amines) is 1. The van der Waals surface area contributed by atoms with Crippen LogP contribution in [0.25, 0.3) is 0 Å². The Labute approximate surface area is 155 Å². The lowest BCUT2D eigenvalue weighted by Gasteiger charge is -2.38. The summed E-state index contributed by atoms with van der Waals surface area (Å²) in [5.74, 6) is -0.123. The van der Waals surface area contributed by atoms with Crippen molar-refractivity contribution < 1.29 is 14.5 Å². The number of nitrogens with zero attached hydrogens (tertiary/aromatic N) is 5. The summed E-state index contributed by atoms with van der Waals surface area (Å²) in [5, 5.41) is 23.4. The molecule has 2 rings (SSSR count). The van der Waals surface area contributed by atoms with Gasteiger partial charge in [-0.05, 0) is 32.4 Å². The van der Waals surface area contributed by atoms with Crippen molar-refractivity contribution in [3.8, 4) is 6.07 Å². The number of hydrogen-bond donors (Lipinski definition) is 1. The van der Waals surface area contributed by atoms with E-state index in [0.717, 1.165) is 6.20 Å². The fraction of sp³-hybridized carbons (Fsp3) is 0.600. The minimum Gasteiger partial charge on any atom is -0.444 e. The highest BCUT2D eigenvalue weighted by Crippen LogP contribution is 2.31. The minimum absolute atomic E-state index is 0.123. The van der Waals surface area contributed by atoms with Crippen molar-refractivity contribution in [2.75, 3.05) is 18.4 Å². The molecule has 1 fully saturated rings. The van der Waals surface area contributed by atoms with Crippen LogP contribution in [0, 0.1) is 21.4 Å². The second-order valence-electron chi connectivity index (χ2n) is 6.92. The topological polar surface area (TPSA) is 134 Å². The van der Waals surface area contributed by atoms with Gasteiger partial charge in [-0.25, -0.2) is 9.78 Å². The molecule has 1 saturated heterocycles. The second kappa shape index (κ2) is 7.29. The summed E-state index contributed by atoms with van der Waals surface area (Å²) in [4.78, 5) is 31.5. The Morgan fingerprint density at radius 1 is 1.50 bits per heavy atom. The number of nitro groups is 1. The number of nitriles is 1. The van der Waals surface area contributed by atoms with Crippen LogP contribution >= 0.6 is 11.6 Å². The summed E-state index contributed by atoms with van der Waals surface area (Å²) in [6.07, 6.45) is 1.03. The summed E-state index contributed by atoms with van der Waals surface area (Å²) in [6.45, 7) is 5.85. The molecule has 26 heavy (non-hydrogen) atoms. The average Bonchev–Trinajstić information content (AvgIpc) is 2.53. The Morgan fingerprint density at radius 3 is 2.62 bits per heavy atom. The zero-order chi connectivity index (χ0) is 19.5. The Hall–Kier alpha value is -2.67. The molecular weight excluding hydrogens is 364 g/mol. The first kappa shape index (κ1) is 19.7. The van der Waals surface area contributed by atoms with Gasteiger partial charge in [-0.15, -0.1) is 0 Å². The summed E-state index contributed by atoms with van der Waals surface area (Å²) in [7, 11) is 0. The van der Waals surface area contributed by atoms with Crippen LogP contribution in [-0.2, 0) is 4.74 Å². The predicted octanol–water partition coefficient (Wildman–Crippen LogP) is 2.74. The van der Waals surface area contributed by atoms with Crippen molar-refractivity contribution in [1.82, 2.24) is 14.9 Å². The van der Waals surface area contributed by atoms with Gasteiger partial charge in [-0.1, -0.05) is 0 Å². The normalized spacial score (nSPS) is 16.5. The van der Waals surface area contributed by atoms with Gasteiger partial charge in [0.1, 0.15) is 17.3 Å². The molecule has 1 aromatic heterocycles. The number of hydrogen-bond acceptors (Lipinski definition) is 8. The largest absolute Gasteiger partial charge is 0.444 e. The van der Waals surface area contributed by atoms with E-state index in [2.05, 4.69) is 21.4 Å². The molecule has 1 amide bonds. The van der Waals surface area contributed by atoms with E-state index in [9.17, 15) is 20.2 Å². The number of rotatable bonds is 3. The zero-order valence-corrected chi connectivity index (χ0v) is 15.4. The third kappa shape index (κ3) is 4.70. The SMILES string of the molecule is CC(C)(C)OC(=O)N1CCC(C#N)(Nc2nc(Cl)ncc2[N+](=O)[O-])CC1. The lowest BCUT2D eigenvalue weighted by molar-refractivity contribution is -0.384. The molecule has 0 bridgehead atoms. The summed E-state index contributed by atoms with van der Waals surface area (Å²) in [6, 6.07) is 2.14. The molecule has 1 aliphatic heterocycles. The van der Waals surface area contributed by atoms with E-state index in [-0.39, 0.29) is 42.7 Å². The van der Waals surface area contributed by atoms with E-state index in [0.29, 0.717) is 0 Å². The highest BCUT2D eigenvalue weighted by molar-refractivity contribution is 6.28. The Balaban J connectivity index is 2.13. The Kier molecular flexibility index (Phi) is 5.51. The highest BCUT2D eigenvalue weighted by atomic mass is 35.5. The van der Waals surface area contributed by atoms with Crippen LogP contribution in [0.3, 0.4) is 0 Å².